The molecule has 226 valence electrons. The number of benzene rings is 4. The minimum Gasteiger partial charge on any atom is -0.508 e. The summed E-state index contributed by atoms with van der Waals surface area (Å²) < 4.78 is 12.9. The molecule has 2 aliphatic rings. The number of carbonyl (C=O) groups is 2. The highest BCUT2D eigenvalue weighted by Crippen LogP contribution is 2.39. The van der Waals surface area contributed by atoms with Crippen LogP contribution >= 0.6 is 0 Å². The number of aliphatic hydroxyl groups is 2. The van der Waals surface area contributed by atoms with E-state index in [1.54, 1.807) is 72.8 Å². The van der Waals surface area contributed by atoms with E-state index in [4.69, 9.17) is 9.47 Å². The van der Waals surface area contributed by atoms with Gasteiger partial charge in [0.25, 0.3) is 11.8 Å². The maximum absolute atomic E-state index is 13.0. The van der Waals surface area contributed by atoms with Gasteiger partial charge in [-0.15, -0.1) is 0 Å². The van der Waals surface area contributed by atoms with Crippen molar-refractivity contribution in [3.8, 4) is 5.75 Å². The molecule has 44 heavy (non-hydrogen) atoms. The van der Waals surface area contributed by atoms with Crippen LogP contribution in [0, 0.1) is 0 Å². The van der Waals surface area contributed by atoms with Gasteiger partial charge < -0.3 is 29.7 Å². The smallest absolute Gasteiger partial charge is 0.266 e. The van der Waals surface area contributed by atoms with Gasteiger partial charge in [-0.3, -0.25) is 9.59 Å². The quantitative estimate of drug-likeness (QED) is 0.234. The summed E-state index contributed by atoms with van der Waals surface area (Å²) in [5.74, 6) is -0.610. The SMILES string of the molecule is CN(C[C@H]1C[C@@H](c2ccc(CO)cc2)O[C@@H](c2ccc(N3C(=O)c4ccccc4C3=O)cc2)O1)C[C@@H](O)c1cccc(O)c1. The number of carbonyl (C=O) groups excluding carboxylic acids is 2. The molecule has 0 saturated carbocycles. The van der Waals surface area contributed by atoms with Crippen molar-refractivity contribution in [1.29, 1.82) is 0 Å². The molecule has 1 saturated heterocycles. The lowest BCUT2D eigenvalue weighted by molar-refractivity contribution is -0.252. The zero-order valence-corrected chi connectivity index (χ0v) is 24.2. The molecule has 1 fully saturated rings. The van der Waals surface area contributed by atoms with Crippen molar-refractivity contribution in [3.63, 3.8) is 0 Å². The molecule has 0 radical (unpaired) electrons. The van der Waals surface area contributed by atoms with Crippen molar-refractivity contribution in [2.24, 2.45) is 0 Å². The maximum atomic E-state index is 13.0. The van der Waals surface area contributed by atoms with Crippen LogP contribution < -0.4 is 4.90 Å². The molecule has 4 atom stereocenters. The molecular formula is C35H34N2O7. The van der Waals surface area contributed by atoms with Gasteiger partial charge in [-0.05, 0) is 60.1 Å². The number of rotatable bonds is 9. The number of anilines is 1. The van der Waals surface area contributed by atoms with E-state index in [2.05, 4.69) is 0 Å². The van der Waals surface area contributed by atoms with Crippen LogP contribution in [0.5, 0.6) is 5.75 Å². The van der Waals surface area contributed by atoms with Gasteiger partial charge in [0.1, 0.15) is 5.75 Å². The Morgan fingerprint density at radius 1 is 0.864 bits per heavy atom. The Morgan fingerprint density at radius 3 is 2.16 bits per heavy atom. The first-order valence-corrected chi connectivity index (χ1v) is 14.5. The molecule has 0 aliphatic carbocycles. The topological polar surface area (TPSA) is 120 Å². The number of phenolic OH excluding ortho intramolecular Hbond substituents is 1. The van der Waals surface area contributed by atoms with E-state index in [1.807, 2.05) is 36.2 Å². The summed E-state index contributed by atoms with van der Waals surface area (Å²) in [6, 6.07) is 28.0. The molecule has 0 spiro atoms. The van der Waals surface area contributed by atoms with Gasteiger partial charge in [0.05, 0.1) is 41.7 Å². The predicted octanol–water partition coefficient (Wildman–Crippen LogP) is 4.90. The summed E-state index contributed by atoms with van der Waals surface area (Å²) in [5.41, 5.74) is 4.35. The van der Waals surface area contributed by atoms with Crippen molar-refractivity contribution in [3.05, 3.63) is 130 Å². The van der Waals surface area contributed by atoms with E-state index in [0.29, 0.717) is 41.9 Å². The van der Waals surface area contributed by atoms with Crippen LogP contribution in [-0.4, -0.2) is 58.3 Å². The molecule has 0 bridgehead atoms. The highest BCUT2D eigenvalue weighted by molar-refractivity contribution is 6.34. The number of likely N-dealkylation sites (N-methyl/N-ethyl adjacent to an activating group) is 1. The number of imide groups is 1. The first kappa shape index (κ1) is 29.7. The molecule has 2 heterocycles. The standard InChI is InChI=1S/C35H34N2O7/c1-36(20-31(40)25-5-4-6-27(39)17-25)19-28-18-32(23-11-9-22(21-38)10-12-23)44-35(43-28)24-13-15-26(16-14-24)37-33(41)29-7-2-3-8-30(29)34(37)42/h2-17,28,31-32,35,38-40H,18-21H2,1H3/t28-,31-,32+,35+/m1/s1. The first-order chi connectivity index (χ1) is 21.3. The number of fused-ring (bicyclic) bond motifs is 1. The Kier molecular flexibility index (Phi) is 8.56. The Balaban J connectivity index is 1.20. The zero-order valence-electron chi connectivity index (χ0n) is 24.2. The van der Waals surface area contributed by atoms with Gasteiger partial charge in [0, 0.05) is 25.1 Å². The molecule has 6 rings (SSSR count). The van der Waals surface area contributed by atoms with Crippen LogP contribution in [0.15, 0.2) is 97.1 Å². The monoisotopic (exact) mass is 594 g/mol. The second-order valence-corrected chi connectivity index (χ2v) is 11.3. The van der Waals surface area contributed by atoms with Gasteiger partial charge in [-0.25, -0.2) is 4.90 Å². The average molecular weight is 595 g/mol. The van der Waals surface area contributed by atoms with E-state index < -0.39 is 12.4 Å². The molecule has 9 nitrogen and oxygen atoms in total. The number of ether oxygens (including phenoxy) is 2. The Morgan fingerprint density at radius 2 is 1.52 bits per heavy atom. The summed E-state index contributed by atoms with van der Waals surface area (Å²) >= 11 is 0. The number of amides is 2. The molecule has 2 aliphatic heterocycles. The Bertz CT molecular complexity index is 1600. The molecule has 4 aromatic rings. The number of nitrogens with zero attached hydrogens (tertiary/aromatic N) is 2. The fourth-order valence-corrected chi connectivity index (χ4v) is 5.79. The number of hydrogen-bond acceptors (Lipinski definition) is 8. The molecule has 3 N–H and O–H groups in total. The van der Waals surface area contributed by atoms with Crippen LogP contribution in [0.3, 0.4) is 0 Å². The largest absolute Gasteiger partial charge is 0.508 e. The normalized spacial score (nSPS) is 20.6. The second-order valence-electron chi connectivity index (χ2n) is 11.3. The lowest BCUT2D eigenvalue weighted by Crippen LogP contribution is -2.39. The lowest BCUT2D eigenvalue weighted by atomic mass is 9.99. The number of aromatic hydroxyl groups is 1. The second kappa shape index (κ2) is 12.7. The van der Waals surface area contributed by atoms with Crippen molar-refractivity contribution in [1.82, 2.24) is 4.90 Å². The molecular weight excluding hydrogens is 560 g/mol. The van der Waals surface area contributed by atoms with Crippen molar-refractivity contribution < 1.29 is 34.4 Å². The maximum Gasteiger partial charge on any atom is 0.266 e. The summed E-state index contributed by atoms with van der Waals surface area (Å²) in [6.45, 7) is 0.791. The fourth-order valence-electron chi connectivity index (χ4n) is 5.79. The lowest BCUT2D eigenvalue weighted by Gasteiger charge is -2.38. The van der Waals surface area contributed by atoms with Crippen LogP contribution in [0.4, 0.5) is 5.69 Å². The van der Waals surface area contributed by atoms with E-state index >= 15 is 0 Å². The Labute approximate surface area is 255 Å². The van der Waals surface area contributed by atoms with Crippen molar-refractivity contribution in [2.45, 2.75) is 37.6 Å². The van der Waals surface area contributed by atoms with Crippen LogP contribution in [0.1, 0.15) is 67.9 Å². The van der Waals surface area contributed by atoms with Gasteiger partial charge in [-0.1, -0.05) is 60.7 Å². The molecule has 2 amide bonds. The van der Waals surface area contributed by atoms with Gasteiger partial charge in [0.15, 0.2) is 6.29 Å². The van der Waals surface area contributed by atoms with Crippen LogP contribution in [0.2, 0.25) is 0 Å². The minimum absolute atomic E-state index is 0.0497. The van der Waals surface area contributed by atoms with E-state index in [9.17, 15) is 24.9 Å². The average Bonchev–Trinajstić information content (AvgIpc) is 3.30. The van der Waals surface area contributed by atoms with Gasteiger partial charge in [-0.2, -0.15) is 0 Å². The summed E-state index contributed by atoms with van der Waals surface area (Å²) in [7, 11) is 1.90. The van der Waals surface area contributed by atoms with Crippen molar-refractivity contribution >= 4 is 17.5 Å². The van der Waals surface area contributed by atoms with Crippen LogP contribution in [-0.2, 0) is 16.1 Å². The third-order valence-corrected chi connectivity index (χ3v) is 8.09. The first-order valence-electron chi connectivity index (χ1n) is 14.5. The van der Waals surface area contributed by atoms with E-state index in [1.165, 1.54) is 4.90 Å². The fraction of sp³-hybridized carbons (Fsp3) is 0.257. The molecule has 0 aromatic heterocycles. The number of phenols is 1. The third kappa shape index (κ3) is 6.14. The van der Waals surface area contributed by atoms with Crippen LogP contribution in [0.25, 0.3) is 0 Å². The predicted molar refractivity (Wildman–Crippen MR) is 163 cm³/mol. The summed E-state index contributed by atoms with van der Waals surface area (Å²) in [6.07, 6.45) is -1.51. The number of aliphatic hydroxyl groups excluding tert-OH is 2. The minimum atomic E-state index is -0.792. The van der Waals surface area contributed by atoms with Crippen molar-refractivity contribution in [2.75, 3.05) is 25.0 Å². The Hall–Kier alpha value is -4.38. The highest BCUT2D eigenvalue weighted by atomic mass is 16.7. The third-order valence-electron chi connectivity index (χ3n) is 8.09. The summed E-state index contributed by atoms with van der Waals surface area (Å²) in [4.78, 5) is 29.1. The number of hydrogen-bond donors (Lipinski definition) is 3. The van der Waals surface area contributed by atoms with Gasteiger partial charge in [0.2, 0.25) is 0 Å². The van der Waals surface area contributed by atoms with E-state index in [-0.39, 0.29) is 36.4 Å². The zero-order chi connectivity index (χ0) is 30.8. The summed E-state index contributed by atoms with van der Waals surface area (Å²) in [5, 5.41) is 30.1. The van der Waals surface area contributed by atoms with E-state index in [0.717, 1.165) is 16.7 Å². The molecule has 0 unspecified atom stereocenters. The van der Waals surface area contributed by atoms with Gasteiger partial charge >= 0.3 is 0 Å². The highest BCUT2D eigenvalue weighted by Gasteiger charge is 2.37. The molecule has 4 aromatic carbocycles. The molecule has 9 heteroatoms.